The van der Waals surface area contributed by atoms with Crippen LogP contribution >= 0.6 is 0 Å². The number of hydrogen-bond acceptors (Lipinski definition) is 4. The molecule has 0 saturated heterocycles. The molecular formula is C15H12F2N2O4. The normalized spacial score (nSPS) is 10.2. The Bertz CT molecular complexity index is 771. The van der Waals surface area contributed by atoms with Crippen molar-refractivity contribution >= 4 is 17.8 Å². The highest BCUT2D eigenvalue weighted by atomic mass is 19.1. The third-order valence-electron chi connectivity index (χ3n) is 2.91. The summed E-state index contributed by atoms with van der Waals surface area (Å²) in [7, 11) is 1.62. The fraction of sp³-hybridized carbons (Fsp3) is 0.133. The van der Waals surface area contributed by atoms with Gasteiger partial charge in [-0.05, 0) is 24.3 Å². The van der Waals surface area contributed by atoms with E-state index >= 15 is 0 Å². The zero-order chi connectivity index (χ0) is 17.0. The Labute approximate surface area is 129 Å². The topological polar surface area (TPSA) is 77.4 Å². The Balaban J connectivity index is 1.90. The van der Waals surface area contributed by atoms with Crippen LogP contribution in [0.2, 0.25) is 0 Å². The van der Waals surface area contributed by atoms with E-state index in [0.29, 0.717) is 6.07 Å². The zero-order valence-corrected chi connectivity index (χ0v) is 12.0. The van der Waals surface area contributed by atoms with Gasteiger partial charge in [-0.25, -0.2) is 13.6 Å². The second-order valence-electron chi connectivity index (χ2n) is 4.58. The van der Waals surface area contributed by atoms with Crippen LogP contribution in [0.3, 0.4) is 0 Å². The quantitative estimate of drug-likeness (QED) is 0.864. The fourth-order valence-corrected chi connectivity index (χ4v) is 1.79. The van der Waals surface area contributed by atoms with Gasteiger partial charge in [-0.1, -0.05) is 0 Å². The summed E-state index contributed by atoms with van der Waals surface area (Å²) < 4.78 is 32.2. The van der Waals surface area contributed by atoms with Crippen molar-refractivity contribution in [3.05, 3.63) is 59.4 Å². The van der Waals surface area contributed by atoms with Gasteiger partial charge in [0.1, 0.15) is 17.3 Å². The number of benzene rings is 1. The van der Waals surface area contributed by atoms with Gasteiger partial charge in [-0.15, -0.1) is 0 Å². The second kappa shape index (κ2) is 6.82. The largest absolute Gasteiger partial charge is 0.452 e. The highest BCUT2D eigenvalue weighted by Gasteiger charge is 2.17. The summed E-state index contributed by atoms with van der Waals surface area (Å²) in [5.74, 6) is -4.61. The summed E-state index contributed by atoms with van der Waals surface area (Å²) in [6, 6.07) is 5.44. The van der Waals surface area contributed by atoms with Crippen LogP contribution in [0, 0.1) is 11.6 Å². The number of nitrogens with zero attached hydrogens (tertiary/aromatic N) is 1. The molecule has 0 aliphatic heterocycles. The molecule has 0 fully saturated rings. The predicted molar refractivity (Wildman–Crippen MR) is 74.5 cm³/mol. The van der Waals surface area contributed by atoms with Crippen molar-refractivity contribution in [3.8, 4) is 0 Å². The molecule has 1 N–H and O–H groups in total. The molecular weight excluding hydrogens is 310 g/mol. The lowest BCUT2D eigenvalue weighted by Gasteiger charge is -2.07. The van der Waals surface area contributed by atoms with Gasteiger partial charge in [0.15, 0.2) is 6.61 Å². The standard InChI is InChI=1S/C15H12F2N2O4/c1-19-6-2-3-12(19)14(21)18-13(20)8-23-15(22)10-5-4-9(16)7-11(10)17/h2-7H,8H2,1H3,(H,18,20,21). The van der Waals surface area contributed by atoms with Gasteiger partial charge in [0.05, 0.1) is 5.56 Å². The minimum Gasteiger partial charge on any atom is -0.452 e. The molecule has 0 saturated carbocycles. The van der Waals surface area contributed by atoms with Crippen LogP contribution in [-0.4, -0.2) is 29.0 Å². The number of hydrogen-bond donors (Lipinski definition) is 1. The van der Waals surface area contributed by atoms with Crippen LogP contribution in [0.15, 0.2) is 36.5 Å². The van der Waals surface area contributed by atoms with Crippen molar-refractivity contribution < 1.29 is 27.9 Å². The number of halogens is 2. The number of amides is 2. The highest BCUT2D eigenvalue weighted by Crippen LogP contribution is 2.10. The molecule has 1 aromatic carbocycles. The smallest absolute Gasteiger partial charge is 0.341 e. The van der Waals surface area contributed by atoms with Crippen molar-refractivity contribution in [2.75, 3.05) is 6.61 Å². The van der Waals surface area contributed by atoms with Gasteiger partial charge in [-0.3, -0.25) is 14.9 Å². The SMILES string of the molecule is Cn1cccc1C(=O)NC(=O)COC(=O)c1ccc(F)cc1F. The van der Waals surface area contributed by atoms with Crippen LogP contribution < -0.4 is 5.32 Å². The summed E-state index contributed by atoms with van der Waals surface area (Å²) in [6.07, 6.45) is 1.62. The highest BCUT2D eigenvalue weighted by molar-refractivity contribution is 6.04. The minimum absolute atomic E-state index is 0.245. The van der Waals surface area contributed by atoms with Gasteiger partial charge in [-0.2, -0.15) is 0 Å². The summed E-state index contributed by atoms with van der Waals surface area (Å²) in [6.45, 7) is -0.772. The van der Waals surface area contributed by atoms with Crippen molar-refractivity contribution in [2.45, 2.75) is 0 Å². The molecule has 1 aromatic heterocycles. The number of nitrogens with one attached hydrogen (secondary N) is 1. The van der Waals surface area contributed by atoms with E-state index in [1.54, 1.807) is 19.3 Å². The number of carbonyl (C=O) groups is 3. The molecule has 0 unspecified atom stereocenters. The number of ether oxygens (including phenoxy) is 1. The molecule has 0 bridgehead atoms. The van der Waals surface area contributed by atoms with Gasteiger partial charge >= 0.3 is 5.97 Å². The van der Waals surface area contributed by atoms with Gasteiger partial charge < -0.3 is 9.30 Å². The van der Waals surface area contributed by atoms with Crippen molar-refractivity contribution in [1.29, 1.82) is 0 Å². The number of aryl methyl sites for hydroxylation is 1. The van der Waals surface area contributed by atoms with E-state index in [2.05, 4.69) is 4.74 Å². The molecule has 0 spiro atoms. The first-order chi connectivity index (χ1) is 10.9. The maximum atomic E-state index is 13.4. The predicted octanol–water partition coefficient (Wildman–Crippen LogP) is 1.42. The van der Waals surface area contributed by atoms with E-state index in [9.17, 15) is 23.2 Å². The van der Waals surface area contributed by atoms with Crippen LogP contribution in [0.4, 0.5) is 8.78 Å². The molecule has 1 heterocycles. The first-order valence-corrected chi connectivity index (χ1v) is 6.46. The van der Waals surface area contributed by atoms with Crippen LogP contribution in [0.25, 0.3) is 0 Å². The van der Waals surface area contributed by atoms with E-state index in [4.69, 9.17) is 0 Å². The number of rotatable bonds is 4. The molecule has 120 valence electrons. The first-order valence-electron chi connectivity index (χ1n) is 6.46. The number of esters is 1. The Morgan fingerprint density at radius 1 is 1.22 bits per heavy atom. The van der Waals surface area contributed by atoms with E-state index in [1.807, 2.05) is 5.32 Å². The Morgan fingerprint density at radius 2 is 1.96 bits per heavy atom. The first kappa shape index (κ1) is 16.3. The van der Waals surface area contributed by atoms with Crippen LogP contribution in [0.1, 0.15) is 20.8 Å². The molecule has 0 aliphatic carbocycles. The van der Waals surface area contributed by atoms with E-state index in [1.165, 1.54) is 10.6 Å². The van der Waals surface area contributed by atoms with E-state index < -0.39 is 41.6 Å². The third-order valence-corrected chi connectivity index (χ3v) is 2.91. The van der Waals surface area contributed by atoms with Gasteiger partial charge in [0.25, 0.3) is 11.8 Å². The van der Waals surface area contributed by atoms with Crippen molar-refractivity contribution in [1.82, 2.24) is 9.88 Å². The summed E-state index contributed by atoms with van der Waals surface area (Å²) in [5, 5.41) is 2.02. The Kier molecular flexibility index (Phi) is 4.85. The summed E-state index contributed by atoms with van der Waals surface area (Å²) >= 11 is 0. The molecule has 6 nitrogen and oxygen atoms in total. The maximum absolute atomic E-state index is 13.4. The van der Waals surface area contributed by atoms with Crippen LogP contribution in [0.5, 0.6) is 0 Å². The van der Waals surface area contributed by atoms with Crippen molar-refractivity contribution in [3.63, 3.8) is 0 Å². The Hall–Kier alpha value is -3.03. The van der Waals surface area contributed by atoms with E-state index in [-0.39, 0.29) is 5.69 Å². The van der Waals surface area contributed by atoms with Crippen LogP contribution in [-0.2, 0) is 16.6 Å². The van der Waals surface area contributed by atoms with Crippen molar-refractivity contribution in [2.24, 2.45) is 7.05 Å². The lowest BCUT2D eigenvalue weighted by Crippen LogP contribution is -2.35. The number of carbonyl (C=O) groups excluding carboxylic acids is 3. The molecule has 2 rings (SSSR count). The summed E-state index contributed by atoms with van der Waals surface area (Å²) in [5.41, 5.74) is -0.262. The molecule has 8 heteroatoms. The Morgan fingerprint density at radius 3 is 2.57 bits per heavy atom. The zero-order valence-electron chi connectivity index (χ0n) is 12.0. The average Bonchev–Trinajstić information content (AvgIpc) is 2.91. The van der Waals surface area contributed by atoms with Gasteiger partial charge in [0.2, 0.25) is 0 Å². The third kappa shape index (κ3) is 4.00. The fourth-order valence-electron chi connectivity index (χ4n) is 1.79. The van der Waals surface area contributed by atoms with E-state index in [0.717, 1.165) is 12.1 Å². The number of aromatic nitrogens is 1. The number of imide groups is 1. The lowest BCUT2D eigenvalue weighted by molar-refractivity contribution is -0.123. The monoisotopic (exact) mass is 322 g/mol. The average molecular weight is 322 g/mol. The molecule has 23 heavy (non-hydrogen) atoms. The second-order valence-corrected chi connectivity index (χ2v) is 4.58. The molecule has 2 amide bonds. The molecule has 2 aromatic rings. The minimum atomic E-state index is -1.14. The lowest BCUT2D eigenvalue weighted by atomic mass is 10.2. The molecule has 0 atom stereocenters. The maximum Gasteiger partial charge on any atom is 0.341 e. The van der Waals surface area contributed by atoms with Gasteiger partial charge in [0, 0.05) is 19.3 Å². The molecule has 0 radical (unpaired) electrons. The molecule has 0 aliphatic rings. The summed E-state index contributed by atoms with van der Waals surface area (Å²) in [4.78, 5) is 34.9.